The Morgan fingerprint density at radius 1 is 1.26 bits per heavy atom. The number of nitrogens with zero attached hydrogens (tertiary/aromatic N) is 2. The SMILES string of the molecule is CCCn1c(-c2ccc(C)s2)nc2cc(Cl)ccc21. The van der Waals surface area contributed by atoms with E-state index in [1.54, 1.807) is 11.3 Å². The quantitative estimate of drug-likeness (QED) is 0.653. The zero-order valence-corrected chi connectivity index (χ0v) is 12.6. The van der Waals surface area contributed by atoms with Crippen LogP contribution >= 0.6 is 22.9 Å². The molecule has 0 N–H and O–H groups in total. The van der Waals surface area contributed by atoms with Crippen LogP contribution in [0.25, 0.3) is 21.7 Å². The van der Waals surface area contributed by atoms with Crippen molar-refractivity contribution in [1.82, 2.24) is 9.55 Å². The van der Waals surface area contributed by atoms with E-state index in [1.165, 1.54) is 9.75 Å². The summed E-state index contributed by atoms with van der Waals surface area (Å²) in [6, 6.07) is 10.2. The fourth-order valence-electron chi connectivity index (χ4n) is 2.30. The third-order valence-electron chi connectivity index (χ3n) is 3.12. The van der Waals surface area contributed by atoms with Crippen molar-refractivity contribution in [2.45, 2.75) is 26.8 Å². The summed E-state index contributed by atoms with van der Waals surface area (Å²) < 4.78 is 2.29. The van der Waals surface area contributed by atoms with Gasteiger partial charge in [-0.1, -0.05) is 18.5 Å². The molecule has 0 amide bonds. The lowest BCUT2D eigenvalue weighted by molar-refractivity contribution is 0.705. The average molecular weight is 291 g/mol. The first-order chi connectivity index (χ1) is 9.19. The highest BCUT2D eigenvalue weighted by Crippen LogP contribution is 2.31. The molecule has 98 valence electrons. The Labute approximate surface area is 121 Å². The van der Waals surface area contributed by atoms with Crippen molar-refractivity contribution >= 4 is 34.0 Å². The van der Waals surface area contributed by atoms with Crippen molar-refractivity contribution in [1.29, 1.82) is 0 Å². The van der Waals surface area contributed by atoms with Gasteiger partial charge in [-0.15, -0.1) is 11.3 Å². The molecular formula is C15H15ClN2S. The lowest BCUT2D eigenvalue weighted by atomic mass is 10.3. The molecule has 0 spiro atoms. The molecular weight excluding hydrogens is 276 g/mol. The molecule has 0 bridgehead atoms. The largest absolute Gasteiger partial charge is 0.323 e. The number of fused-ring (bicyclic) bond motifs is 1. The highest BCUT2D eigenvalue weighted by Gasteiger charge is 2.13. The fourth-order valence-corrected chi connectivity index (χ4v) is 3.33. The average Bonchev–Trinajstić information content (AvgIpc) is 2.94. The van der Waals surface area contributed by atoms with Gasteiger partial charge in [0.05, 0.1) is 15.9 Å². The van der Waals surface area contributed by atoms with E-state index in [1.807, 2.05) is 12.1 Å². The molecule has 0 aliphatic carbocycles. The smallest absolute Gasteiger partial charge is 0.151 e. The lowest BCUT2D eigenvalue weighted by Gasteiger charge is -2.05. The molecule has 1 aromatic carbocycles. The number of aromatic nitrogens is 2. The van der Waals surface area contributed by atoms with Crippen LogP contribution in [0.2, 0.25) is 5.02 Å². The summed E-state index contributed by atoms with van der Waals surface area (Å²) >= 11 is 7.84. The second kappa shape index (κ2) is 4.99. The minimum Gasteiger partial charge on any atom is -0.323 e. The van der Waals surface area contributed by atoms with Crippen molar-refractivity contribution in [3.8, 4) is 10.7 Å². The van der Waals surface area contributed by atoms with Crippen LogP contribution in [-0.4, -0.2) is 9.55 Å². The molecule has 3 aromatic rings. The van der Waals surface area contributed by atoms with Crippen molar-refractivity contribution in [3.05, 3.63) is 40.2 Å². The van der Waals surface area contributed by atoms with E-state index in [9.17, 15) is 0 Å². The molecule has 0 saturated heterocycles. The highest BCUT2D eigenvalue weighted by molar-refractivity contribution is 7.15. The minimum absolute atomic E-state index is 0.738. The van der Waals surface area contributed by atoms with Crippen molar-refractivity contribution < 1.29 is 0 Å². The zero-order chi connectivity index (χ0) is 13.4. The summed E-state index contributed by atoms with van der Waals surface area (Å²) in [5.41, 5.74) is 2.13. The van der Waals surface area contributed by atoms with Crippen LogP contribution < -0.4 is 0 Å². The third-order valence-corrected chi connectivity index (χ3v) is 4.35. The number of thiophene rings is 1. The van der Waals surface area contributed by atoms with Gasteiger partial charge < -0.3 is 4.57 Å². The molecule has 0 unspecified atom stereocenters. The fraction of sp³-hybridized carbons (Fsp3) is 0.267. The summed E-state index contributed by atoms with van der Waals surface area (Å²) in [5, 5.41) is 0.738. The summed E-state index contributed by atoms with van der Waals surface area (Å²) in [4.78, 5) is 7.29. The van der Waals surface area contributed by atoms with E-state index in [4.69, 9.17) is 16.6 Å². The Hall–Kier alpha value is -1.32. The number of aryl methyl sites for hydroxylation is 2. The number of imidazole rings is 1. The maximum atomic E-state index is 6.06. The number of hydrogen-bond donors (Lipinski definition) is 0. The molecule has 0 aliphatic rings. The van der Waals surface area contributed by atoms with Gasteiger partial charge in [-0.2, -0.15) is 0 Å². The first-order valence-corrected chi connectivity index (χ1v) is 7.61. The zero-order valence-electron chi connectivity index (χ0n) is 11.0. The van der Waals surface area contributed by atoms with Gasteiger partial charge in [0, 0.05) is 16.4 Å². The second-order valence-corrected chi connectivity index (χ2v) is 6.35. The maximum Gasteiger partial charge on any atom is 0.151 e. The van der Waals surface area contributed by atoms with Gasteiger partial charge in [0.2, 0.25) is 0 Å². The monoisotopic (exact) mass is 290 g/mol. The number of halogens is 1. The van der Waals surface area contributed by atoms with Gasteiger partial charge in [0.15, 0.2) is 5.82 Å². The number of benzene rings is 1. The molecule has 0 saturated carbocycles. The van der Waals surface area contributed by atoms with Gasteiger partial charge in [0.25, 0.3) is 0 Å². The summed E-state index contributed by atoms with van der Waals surface area (Å²) in [6.45, 7) is 5.29. The van der Waals surface area contributed by atoms with E-state index in [-0.39, 0.29) is 0 Å². The van der Waals surface area contributed by atoms with Crippen LogP contribution in [0.4, 0.5) is 0 Å². The first-order valence-electron chi connectivity index (χ1n) is 6.41. The topological polar surface area (TPSA) is 17.8 Å². The van der Waals surface area contributed by atoms with Crippen LogP contribution in [0.1, 0.15) is 18.2 Å². The van der Waals surface area contributed by atoms with Crippen LogP contribution in [-0.2, 0) is 6.54 Å². The van der Waals surface area contributed by atoms with Gasteiger partial charge >= 0.3 is 0 Å². The van der Waals surface area contributed by atoms with E-state index in [2.05, 4.69) is 36.6 Å². The molecule has 2 aromatic heterocycles. The Morgan fingerprint density at radius 3 is 2.79 bits per heavy atom. The Balaban J connectivity index is 2.25. The van der Waals surface area contributed by atoms with E-state index >= 15 is 0 Å². The molecule has 0 radical (unpaired) electrons. The normalized spacial score (nSPS) is 11.3. The van der Waals surface area contributed by atoms with Gasteiger partial charge in [-0.3, -0.25) is 0 Å². The van der Waals surface area contributed by atoms with Crippen molar-refractivity contribution in [2.75, 3.05) is 0 Å². The molecule has 0 aliphatic heterocycles. The molecule has 3 rings (SSSR count). The van der Waals surface area contributed by atoms with Gasteiger partial charge in [-0.05, 0) is 43.7 Å². The van der Waals surface area contributed by atoms with Gasteiger partial charge in [-0.25, -0.2) is 4.98 Å². The predicted octanol–water partition coefficient (Wildman–Crippen LogP) is 5.14. The second-order valence-electron chi connectivity index (χ2n) is 4.63. The highest BCUT2D eigenvalue weighted by atomic mass is 35.5. The molecule has 2 heterocycles. The van der Waals surface area contributed by atoms with Crippen LogP contribution in [0.5, 0.6) is 0 Å². The summed E-state index contributed by atoms with van der Waals surface area (Å²) in [7, 11) is 0. The Kier molecular flexibility index (Phi) is 3.33. The van der Waals surface area contributed by atoms with E-state index in [0.29, 0.717) is 0 Å². The summed E-state index contributed by atoms with van der Waals surface area (Å²) in [6.07, 6.45) is 1.09. The molecule has 4 heteroatoms. The number of rotatable bonds is 3. The van der Waals surface area contributed by atoms with Crippen LogP contribution in [0.15, 0.2) is 30.3 Å². The molecule has 2 nitrogen and oxygen atoms in total. The van der Waals surface area contributed by atoms with E-state index < -0.39 is 0 Å². The maximum absolute atomic E-state index is 6.06. The number of hydrogen-bond acceptors (Lipinski definition) is 2. The van der Waals surface area contributed by atoms with Crippen molar-refractivity contribution in [3.63, 3.8) is 0 Å². The predicted molar refractivity (Wildman–Crippen MR) is 83.1 cm³/mol. The van der Waals surface area contributed by atoms with E-state index in [0.717, 1.165) is 34.8 Å². The van der Waals surface area contributed by atoms with Crippen LogP contribution in [0, 0.1) is 6.92 Å². The summed E-state index contributed by atoms with van der Waals surface area (Å²) in [5.74, 6) is 1.05. The first kappa shape index (κ1) is 12.7. The lowest BCUT2D eigenvalue weighted by Crippen LogP contribution is -1.98. The Morgan fingerprint density at radius 2 is 2.11 bits per heavy atom. The minimum atomic E-state index is 0.738. The Bertz CT molecular complexity index is 727. The standard InChI is InChI=1S/C15H15ClN2S/c1-3-8-18-13-6-5-11(16)9-12(13)17-15(18)14-7-4-10(2)19-14/h4-7,9H,3,8H2,1-2H3. The van der Waals surface area contributed by atoms with Crippen molar-refractivity contribution in [2.24, 2.45) is 0 Å². The molecule has 0 atom stereocenters. The van der Waals surface area contributed by atoms with Crippen LogP contribution in [0.3, 0.4) is 0 Å². The third kappa shape index (κ3) is 2.28. The molecule has 0 fully saturated rings. The van der Waals surface area contributed by atoms with Gasteiger partial charge in [0.1, 0.15) is 0 Å². The molecule has 19 heavy (non-hydrogen) atoms.